The summed E-state index contributed by atoms with van der Waals surface area (Å²) in [5.74, 6) is -0.785. The summed E-state index contributed by atoms with van der Waals surface area (Å²) in [6, 6.07) is 12.4. The van der Waals surface area contributed by atoms with E-state index in [0.29, 0.717) is 10.9 Å². The summed E-state index contributed by atoms with van der Waals surface area (Å²) >= 11 is 0. The van der Waals surface area contributed by atoms with Gasteiger partial charge in [-0.2, -0.15) is 5.26 Å². The molecule has 1 amide bonds. The highest BCUT2D eigenvalue weighted by Gasteiger charge is 2.08. The van der Waals surface area contributed by atoms with Gasteiger partial charge in [0.05, 0.1) is 0 Å². The molecule has 0 radical (unpaired) electrons. The van der Waals surface area contributed by atoms with Crippen molar-refractivity contribution in [2.45, 2.75) is 0 Å². The smallest absolute Gasteiger partial charge is 0.259 e. The predicted molar refractivity (Wildman–Crippen MR) is 68.4 cm³/mol. The zero-order valence-electron chi connectivity index (χ0n) is 9.42. The van der Waals surface area contributed by atoms with Gasteiger partial charge in [0.1, 0.15) is 17.4 Å². The number of carbonyl (C=O) groups excluding carboxylic acids is 1. The number of nitriles is 1. The number of rotatable bonds is 2. The molecule has 4 heteroatoms. The summed E-state index contributed by atoms with van der Waals surface area (Å²) < 4.78 is 0. The van der Waals surface area contributed by atoms with Gasteiger partial charge in [0, 0.05) is 10.9 Å². The molecule has 4 nitrogen and oxygen atoms in total. The zero-order chi connectivity index (χ0) is 13.1. The van der Waals surface area contributed by atoms with Crippen molar-refractivity contribution < 1.29 is 9.90 Å². The molecule has 0 bridgehead atoms. The first-order valence-corrected chi connectivity index (χ1v) is 5.26. The highest BCUT2D eigenvalue weighted by molar-refractivity contribution is 6.02. The lowest BCUT2D eigenvalue weighted by molar-refractivity contribution is -0.114. The number of amides is 1. The highest BCUT2D eigenvalue weighted by Crippen LogP contribution is 2.29. The number of phenols is 1. The molecule has 0 unspecified atom stereocenters. The third kappa shape index (κ3) is 2.02. The molecule has 2 aromatic rings. The Labute approximate surface area is 104 Å². The lowest BCUT2D eigenvalue weighted by atomic mass is 10.0. The Morgan fingerprint density at radius 1 is 1.28 bits per heavy atom. The van der Waals surface area contributed by atoms with Gasteiger partial charge in [-0.1, -0.05) is 36.4 Å². The molecule has 0 atom stereocenters. The Kier molecular flexibility index (Phi) is 2.98. The van der Waals surface area contributed by atoms with Gasteiger partial charge in [0.2, 0.25) is 0 Å². The van der Waals surface area contributed by atoms with E-state index in [1.54, 1.807) is 30.3 Å². The Bertz CT molecular complexity index is 696. The third-order valence-electron chi connectivity index (χ3n) is 2.62. The number of fused-ring (bicyclic) bond motifs is 1. The lowest BCUT2D eigenvalue weighted by Crippen LogP contribution is -2.12. The zero-order valence-corrected chi connectivity index (χ0v) is 9.42. The Morgan fingerprint density at radius 3 is 2.67 bits per heavy atom. The highest BCUT2D eigenvalue weighted by atomic mass is 16.3. The van der Waals surface area contributed by atoms with Crippen LogP contribution in [0.1, 0.15) is 5.56 Å². The van der Waals surface area contributed by atoms with Gasteiger partial charge in [0.25, 0.3) is 5.91 Å². The van der Waals surface area contributed by atoms with Crippen molar-refractivity contribution in [1.29, 1.82) is 5.26 Å². The van der Waals surface area contributed by atoms with Crippen molar-refractivity contribution >= 4 is 22.8 Å². The van der Waals surface area contributed by atoms with Crippen LogP contribution < -0.4 is 5.73 Å². The Morgan fingerprint density at radius 2 is 2.00 bits per heavy atom. The van der Waals surface area contributed by atoms with E-state index >= 15 is 0 Å². The first kappa shape index (κ1) is 11.7. The summed E-state index contributed by atoms with van der Waals surface area (Å²) in [6.07, 6.45) is 1.28. The average molecular weight is 238 g/mol. The molecule has 0 aromatic heterocycles. The van der Waals surface area contributed by atoms with Gasteiger partial charge >= 0.3 is 0 Å². The average Bonchev–Trinajstić information content (AvgIpc) is 2.38. The van der Waals surface area contributed by atoms with E-state index in [1.807, 2.05) is 12.1 Å². The SMILES string of the molecule is N#C/C(=C\c1ccc2ccccc2c1O)C(N)=O. The number of nitrogens with two attached hydrogens (primary N) is 1. The van der Waals surface area contributed by atoms with E-state index in [4.69, 9.17) is 11.0 Å². The molecule has 2 rings (SSSR count). The number of nitrogens with zero attached hydrogens (tertiary/aromatic N) is 1. The summed E-state index contributed by atoms with van der Waals surface area (Å²) in [5, 5.41) is 20.4. The molecule has 0 saturated heterocycles. The fraction of sp³-hybridized carbons (Fsp3) is 0. The number of hydrogen-bond donors (Lipinski definition) is 2. The molecule has 0 spiro atoms. The minimum absolute atomic E-state index is 0.0297. The molecule has 0 aliphatic heterocycles. The maximum absolute atomic E-state index is 11.0. The van der Waals surface area contributed by atoms with Crippen LogP contribution in [0.3, 0.4) is 0 Å². The first-order chi connectivity index (χ1) is 8.63. The minimum Gasteiger partial charge on any atom is -0.507 e. The van der Waals surface area contributed by atoms with E-state index in [-0.39, 0.29) is 11.3 Å². The van der Waals surface area contributed by atoms with Crippen molar-refractivity contribution in [3.8, 4) is 11.8 Å². The van der Waals surface area contributed by atoms with Crippen LogP contribution in [0.15, 0.2) is 42.0 Å². The normalized spacial score (nSPS) is 11.2. The second kappa shape index (κ2) is 4.60. The molecule has 0 aliphatic rings. The maximum atomic E-state index is 11.0. The monoisotopic (exact) mass is 238 g/mol. The van der Waals surface area contributed by atoms with Crippen LogP contribution >= 0.6 is 0 Å². The van der Waals surface area contributed by atoms with Gasteiger partial charge in [-0.15, -0.1) is 0 Å². The number of phenolic OH excluding ortho intramolecular Hbond substituents is 1. The minimum atomic E-state index is -0.815. The molecular formula is C14H10N2O2. The van der Waals surface area contributed by atoms with Gasteiger partial charge in [0.15, 0.2) is 0 Å². The van der Waals surface area contributed by atoms with E-state index in [2.05, 4.69) is 0 Å². The number of hydrogen-bond acceptors (Lipinski definition) is 3. The molecule has 0 saturated carbocycles. The van der Waals surface area contributed by atoms with Crippen molar-refractivity contribution in [3.05, 3.63) is 47.5 Å². The summed E-state index contributed by atoms with van der Waals surface area (Å²) in [6.45, 7) is 0. The van der Waals surface area contributed by atoms with Gasteiger partial charge in [-0.05, 0) is 11.5 Å². The predicted octanol–water partition coefficient (Wildman–Crippen LogP) is 1.94. The number of carbonyl (C=O) groups is 1. The van der Waals surface area contributed by atoms with Crippen molar-refractivity contribution in [2.75, 3.05) is 0 Å². The summed E-state index contributed by atoms with van der Waals surface area (Å²) in [4.78, 5) is 11.0. The van der Waals surface area contributed by atoms with Gasteiger partial charge in [-0.25, -0.2) is 0 Å². The fourth-order valence-corrected chi connectivity index (χ4v) is 1.70. The van der Waals surface area contributed by atoms with E-state index in [1.165, 1.54) is 6.08 Å². The molecule has 2 aromatic carbocycles. The van der Waals surface area contributed by atoms with Gasteiger partial charge < -0.3 is 10.8 Å². The largest absolute Gasteiger partial charge is 0.507 e. The van der Waals surface area contributed by atoms with Crippen LogP contribution in [0.4, 0.5) is 0 Å². The van der Waals surface area contributed by atoms with Crippen molar-refractivity contribution in [2.24, 2.45) is 5.73 Å². The molecule has 3 N–H and O–H groups in total. The van der Waals surface area contributed by atoms with Crippen LogP contribution in [0, 0.1) is 11.3 Å². The van der Waals surface area contributed by atoms with Crippen LogP contribution in [0.5, 0.6) is 5.75 Å². The van der Waals surface area contributed by atoms with E-state index in [0.717, 1.165) is 5.39 Å². The lowest BCUT2D eigenvalue weighted by Gasteiger charge is -2.04. The molecule has 18 heavy (non-hydrogen) atoms. The Balaban J connectivity index is 2.64. The van der Waals surface area contributed by atoms with Crippen LogP contribution in [0.2, 0.25) is 0 Å². The molecule has 88 valence electrons. The third-order valence-corrected chi connectivity index (χ3v) is 2.62. The number of primary amides is 1. The number of aromatic hydroxyl groups is 1. The fourth-order valence-electron chi connectivity index (χ4n) is 1.70. The second-order valence-corrected chi connectivity index (χ2v) is 3.76. The van der Waals surface area contributed by atoms with E-state index in [9.17, 15) is 9.90 Å². The van der Waals surface area contributed by atoms with Gasteiger partial charge in [-0.3, -0.25) is 4.79 Å². The number of benzene rings is 2. The van der Waals surface area contributed by atoms with Crippen LogP contribution in [-0.4, -0.2) is 11.0 Å². The molecule has 0 heterocycles. The molecule has 0 fully saturated rings. The topological polar surface area (TPSA) is 87.1 Å². The quantitative estimate of drug-likeness (QED) is 0.619. The molecule has 0 aliphatic carbocycles. The molecular weight excluding hydrogens is 228 g/mol. The standard InChI is InChI=1S/C14H10N2O2/c15-8-11(14(16)18)7-10-6-5-9-3-1-2-4-12(9)13(10)17/h1-7,17H,(H2,16,18)/b11-7+. The Hall–Kier alpha value is -2.80. The summed E-state index contributed by atoms with van der Waals surface area (Å²) in [5.41, 5.74) is 5.25. The van der Waals surface area contributed by atoms with Crippen molar-refractivity contribution in [3.63, 3.8) is 0 Å². The van der Waals surface area contributed by atoms with Crippen LogP contribution in [0.25, 0.3) is 16.8 Å². The maximum Gasteiger partial charge on any atom is 0.259 e. The second-order valence-electron chi connectivity index (χ2n) is 3.76. The summed E-state index contributed by atoms with van der Waals surface area (Å²) in [7, 11) is 0. The first-order valence-electron chi connectivity index (χ1n) is 5.26. The van der Waals surface area contributed by atoms with Crippen LogP contribution in [-0.2, 0) is 4.79 Å². The van der Waals surface area contributed by atoms with Crippen molar-refractivity contribution in [1.82, 2.24) is 0 Å². The van der Waals surface area contributed by atoms with E-state index < -0.39 is 5.91 Å².